The van der Waals surface area contributed by atoms with Crippen molar-refractivity contribution in [1.29, 1.82) is 0 Å². The molecule has 152 valence electrons. The highest BCUT2D eigenvalue weighted by Gasteiger charge is 2.51. The number of imidazole rings is 1. The van der Waals surface area contributed by atoms with E-state index in [1.807, 2.05) is 23.7 Å². The number of rotatable bonds is 3. The Morgan fingerprint density at radius 2 is 1.96 bits per heavy atom. The maximum Gasteiger partial charge on any atom is 0.427 e. The van der Waals surface area contributed by atoms with Crippen LogP contribution in [-0.4, -0.2) is 51.5 Å². The number of hydrogen-bond acceptors (Lipinski definition) is 4. The van der Waals surface area contributed by atoms with Crippen molar-refractivity contribution in [3.05, 3.63) is 22.9 Å². The van der Waals surface area contributed by atoms with Gasteiger partial charge in [-0.15, -0.1) is 0 Å². The summed E-state index contributed by atoms with van der Waals surface area (Å²) in [6.45, 7) is -0.428. The van der Waals surface area contributed by atoms with Gasteiger partial charge in [0.2, 0.25) is 6.10 Å². The summed E-state index contributed by atoms with van der Waals surface area (Å²) in [5.41, 5.74) is 1.79. The molecule has 4 rings (SSSR count). The van der Waals surface area contributed by atoms with Crippen LogP contribution in [0.3, 0.4) is 0 Å². The SMILES string of the molecule is Cn1cnc2c(Br)cc(OC3CCC(N4C[C@@H](C(F)(F)F)OC4=O)CC3)cc21. The summed E-state index contributed by atoms with van der Waals surface area (Å²) in [4.78, 5) is 17.4. The van der Waals surface area contributed by atoms with E-state index in [-0.39, 0.29) is 12.1 Å². The Bertz CT molecular complexity index is 893. The van der Waals surface area contributed by atoms with Crippen molar-refractivity contribution in [1.82, 2.24) is 14.5 Å². The molecule has 6 nitrogen and oxygen atoms in total. The van der Waals surface area contributed by atoms with Crippen LogP contribution in [0.4, 0.5) is 18.0 Å². The number of carbonyl (C=O) groups excluding carboxylic acids is 1. The zero-order valence-electron chi connectivity index (χ0n) is 15.1. The van der Waals surface area contributed by atoms with Crippen molar-refractivity contribution in [3.8, 4) is 5.75 Å². The summed E-state index contributed by atoms with van der Waals surface area (Å²) in [5, 5.41) is 0. The van der Waals surface area contributed by atoms with Gasteiger partial charge in [-0.25, -0.2) is 9.78 Å². The minimum Gasteiger partial charge on any atom is -0.490 e. The number of aromatic nitrogens is 2. The van der Waals surface area contributed by atoms with E-state index in [0.717, 1.165) is 15.5 Å². The van der Waals surface area contributed by atoms with Crippen LogP contribution in [0.25, 0.3) is 11.0 Å². The van der Waals surface area contributed by atoms with Gasteiger partial charge in [0.15, 0.2) is 0 Å². The first-order valence-electron chi connectivity index (χ1n) is 9.03. The first-order valence-corrected chi connectivity index (χ1v) is 9.83. The molecule has 1 saturated carbocycles. The van der Waals surface area contributed by atoms with Gasteiger partial charge in [-0.3, -0.25) is 0 Å². The molecule has 10 heteroatoms. The molecule has 0 N–H and O–H groups in total. The highest BCUT2D eigenvalue weighted by atomic mass is 79.9. The summed E-state index contributed by atoms with van der Waals surface area (Å²) in [5.74, 6) is 0.712. The highest BCUT2D eigenvalue weighted by Crippen LogP contribution is 2.35. The van der Waals surface area contributed by atoms with Crippen LogP contribution in [0.15, 0.2) is 22.9 Å². The van der Waals surface area contributed by atoms with E-state index in [9.17, 15) is 18.0 Å². The number of halogens is 4. The van der Waals surface area contributed by atoms with Crippen LogP contribution in [-0.2, 0) is 11.8 Å². The average molecular weight is 462 g/mol. The van der Waals surface area contributed by atoms with Crippen LogP contribution >= 0.6 is 15.9 Å². The molecule has 0 bridgehead atoms. The van der Waals surface area contributed by atoms with Crippen molar-refractivity contribution in [2.45, 2.75) is 50.1 Å². The second-order valence-electron chi connectivity index (χ2n) is 7.24. The number of ether oxygens (including phenoxy) is 2. The van der Waals surface area contributed by atoms with E-state index in [0.29, 0.717) is 31.4 Å². The minimum absolute atomic E-state index is 0.0501. The molecule has 1 amide bonds. The molecule has 2 aromatic rings. The fourth-order valence-electron chi connectivity index (χ4n) is 3.85. The summed E-state index contributed by atoms with van der Waals surface area (Å²) in [7, 11) is 1.90. The molecular weight excluding hydrogens is 443 g/mol. The smallest absolute Gasteiger partial charge is 0.427 e. The third kappa shape index (κ3) is 3.66. The van der Waals surface area contributed by atoms with Crippen LogP contribution in [0.1, 0.15) is 25.7 Å². The Morgan fingerprint density at radius 3 is 2.61 bits per heavy atom. The van der Waals surface area contributed by atoms with Gasteiger partial charge in [0.1, 0.15) is 11.3 Å². The van der Waals surface area contributed by atoms with Crippen molar-refractivity contribution < 1.29 is 27.4 Å². The molecule has 1 aromatic carbocycles. The van der Waals surface area contributed by atoms with Crippen molar-refractivity contribution in [2.75, 3.05) is 6.54 Å². The Kier molecular flexibility index (Phi) is 4.93. The summed E-state index contributed by atoms with van der Waals surface area (Å²) in [6.07, 6.45) is -3.27. The zero-order chi connectivity index (χ0) is 20.1. The van der Waals surface area contributed by atoms with E-state index in [1.165, 1.54) is 4.90 Å². The number of aryl methyl sites for hydroxylation is 1. The largest absolute Gasteiger partial charge is 0.490 e. The van der Waals surface area contributed by atoms with Crippen LogP contribution < -0.4 is 4.74 Å². The maximum absolute atomic E-state index is 12.8. The maximum atomic E-state index is 12.8. The summed E-state index contributed by atoms with van der Waals surface area (Å²) in [6, 6.07) is 3.55. The number of carbonyl (C=O) groups is 1. The predicted octanol–water partition coefficient (Wildman–Crippen LogP) is 4.41. The lowest BCUT2D eigenvalue weighted by atomic mass is 9.92. The lowest BCUT2D eigenvalue weighted by Gasteiger charge is -2.33. The Labute approximate surface area is 167 Å². The molecule has 0 spiro atoms. The van der Waals surface area contributed by atoms with E-state index in [1.54, 1.807) is 6.33 Å². The normalized spacial score (nSPS) is 26.0. The Hall–Kier alpha value is -1.97. The molecule has 0 radical (unpaired) electrons. The van der Waals surface area contributed by atoms with Crippen LogP contribution in [0, 0.1) is 0 Å². The topological polar surface area (TPSA) is 56.6 Å². The fraction of sp³-hybridized carbons (Fsp3) is 0.556. The molecule has 1 aromatic heterocycles. The van der Waals surface area contributed by atoms with Gasteiger partial charge in [-0.2, -0.15) is 13.2 Å². The molecule has 2 fully saturated rings. The predicted molar refractivity (Wildman–Crippen MR) is 98.1 cm³/mol. The quantitative estimate of drug-likeness (QED) is 0.679. The van der Waals surface area contributed by atoms with Gasteiger partial charge >= 0.3 is 12.3 Å². The Morgan fingerprint density at radius 1 is 1.25 bits per heavy atom. The lowest BCUT2D eigenvalue weighted by molar-refractivity contribution is -0.192. The standard InChI is InChI=1S/C18H19BrF3N3O3/c1-24-9-23-16-13(19)6-12(7-14(16)24)27-11-4-2-10(3-5-11)25-8-15(18(20,21)22)28-17(25)26/h6-7,9-11,15H,2-5,8H2,1H3/t10?,11?,15-/m0/s1. The number of hydrogen-bond donors (Lipinski definition) is 0. The number of nitrogens with zero attached hydrogens (tertiary/aromatic N) is 3. The van der Waals surface area contributed by atoms with Gasteiger partial charge in [-0.05, 0) is 47.7 Å². The zero-order valence-corrected chi connectivity index (χ0v) is 16.7. The highest BCUT2D eigenvalue weighted by molar-refractivity contribution is 9.10. The van der Waals surface area contributed by atoms with Crippen LogP contribution in [0.5, 0.6) is 5.75 Å². The molecular formula is C18H19BrF3N3O3. The van der Waals surface area contributed by atoms with Gasteiger partial charge in [0.05, 0.1) is 24.5 Å². The number of fused-ring (bicyclic) bond motifs is 1. The Balaban J connectivity index is 1.37. The molecule has 1 aliphatic carbocycles. The molecule has 1 aliphatic heterocycles. The molecule has 28 heavy (non-hydrogen) atoms. The first-order chi connectivity index (χ1) is 13.2. The summed E-state index contributed by atoms with van der Waals surface area (Å²) >= 11 is 3.50. The second-order valence-corrected chi connectivity index (χ2v) is 8.10. The molecule has 1 atom stereocenters. The summed E-state index contributed by atoms with van der Waals surface area (Å²) < 4.78 is 51.7. The van der Waals surface area contributed by atoms with E-state index in [2.05, 4.69) is 25.7 Å². The third-order valence-corrected chi connectivity index (χ3v) is 5.95. The van der Waals surface area contributed by atoms with Gasteiger partial charge in [-0.1, -0.05) is 0 Å². The molecule has 1 saturated heterocycles. The minimum atomic E-state index is -4.53. The average Bonchev–Trinajstić information content (AvgIpc) is 3.20. The molecule has 2 aliphatic rings. The lowest BCUT2D eigenvalue weighted by Crippen LogP contribution is -2.42. The van der Waals surface area contributed by atoms with E-state index in [4.69, 9.17) is 4.74 Å². The molecule has 2 heterocycles. The monoisotopic (exact) mass is 461 g/mol. The number of amides is 1. The second kappa shape index (κ2) is 7.13. The van der Waals surface area contributed by atoms with Gasteiger partial charge < -0.3 is 18.9 Å². The van der Waals surface area contributed by atoms with E-state index < -0.39 is 24.9 Å². The third-order valence-electron chi connectivity index (χ3n) is 5.35. The van der Waals surface area contributed by atoms with Crippen molar-refractivity contribution in [3.63, 3.8) is 0 Å². The fourth-order valence-corrected chi connectivity index (χ4v) is 4.38. The molecule has 0 unspecified atom stereocenters. The number of benzene rings is 1. The van der Waals surface area contributed by atoms with Crippen LogP contribution in [0.2, 0.25) is 0 Å². The number of alkyl halides is 3. The first kappa shape index (κ1) is 19.4. The van der Waals surface area contributed by atoms with Crippen molar-refractivity contribution >= 4 is 33.1 Å². The number of cyclic esters (lactones) is 1. The van der Waals surface area contributed by atoms with Gasteiger partial charge in [0.25, 0.3) is 0 Å². The van der Waals surface area contributed by atoms with E-state index >= 15 is 0 Å². The van der Waals surface area contributed by atoms with Crippen molar-refractivity contribution in [2.24, 2.45) is 7.05 Å². The van der Waals surface area contributed by atoms with Gasteiger partial charge in [0, 0.05) is 23.6 Å².